The maximum Gasteiger partial charge on any atom is 0.238 e. The molecule has 26 heavy (non-hydrogen) atoms. The van der Waals surface area contributed by atoms with Crippen molar-refractivity contribution in [1.82, 2.24) is 5.32 Å². The third kappa shape index (κ3) is 5.75. The molecule has 3 rings (SSSR count). The van der Waals surface area contributed by atoms with E-state index in [1.54, 1.807) is 0 Å². The number of carbonyl (C=O) groups is 1. The van der Waals surface area contributed by atoms with Crippen LogP contribution in [0.5, 0.6) is 0 Å². The van der Waals surface area contributed by atoms with E-state index in [1.807, 2.05) is 36.4 Å². The van der Waals surface area contributed by atoms with Gasteiger partial charge in [-0.15, -0.1) is 0 Å². The summed E-state index contributed by atoms with van der Waals surface area (Å²) >= 11 is 5.87. The van der Waals surface area contributed by atoms with Crippen molar-refractivity contribution in [3.05, 3.63) is 59.1 Å². The fourth-order valence-corrected chi connectivity index (χ4v) is 3.32. The molecule has 0 saturated carbocycles. The average Bonchev–Trinajstić information content (AvgIpc) is 2.68. The Labute approximate surface area is 160 Å². The first-order chi connectivity index (χ1) is 12.7. The number of halogens is 1. The summed E-state index contributed by atoms with van der Waals surface area (Å²) < 4.78 is 0. The molecule has 0 bridgehead atoms. The monoisotopic (exact) mass is 371 g/mol. The molecule has 138 valence electrons. The molecule has 0 aromatic heterocycles. The van der Waals surface area contributed by atoms with Crippen LogP contribution in [0.3, 0.4) is 0 Å². The van der Waals surface area contributed by atoms with Gasteiger partial charge in [-0.25, -0.2) is 0 Å². The Hall–Kier alpha value is -2.04. The average molecular weight is 372 g/mol. The van der Waals surface area contributed by atoms with Crippen LogP contribution in [0.4, 0.5) is 11.4 Å². The predicted octanol–water partition coefficient (Wildman–Crippen LogP) is 4.10. The molecule has 1 heterocycles. The maximum atomic E-state index is 12.1. The third-order valence-corrected chi connectivity index (χ3v) is 4.91. The summed E-state index contributed by atoms with van der Waals surface area (Å²) in [5, 5.41) is 6.86. The Bertz CT molecular complexity index is 694. The van der Waals surface area contributed by atoms with Crippen molar-refractivity contribution in [2.45, 2.75) is 25.7 Å². The van der Waals surface area contributed by atoms with Crippen molar-refractivity contribution in [3.63, 3.8) is 0 Å². The van der Waals surface area contributed by atoms with E-state index in [4.69, 9.17) is 11.6 Å². The molecule has 1 amide bonds. The second kappa shape index (κ2) is 9.60. The molecule has 2 aromatic carbocycles. The number of anilines is 2. The molecule has 1 saturated heterocycles. The van der Waals surface area contributed by atoms with Gasteiger partial charge in [0.25, 0.3) is 0 Å². The lowest BCUT2D eigenvalue weighted by molar-refractivity contribution is -0.115. The van der Waals surface area contributed by atoms with Gasteiger partial charge in [-0.1, -0.05) is 23.7 Å². The lowest BCUT2D eigenvalue weighted by Crippen LogP contribution is -2.30. The van der Waals surface area contributed by atoms with Crippen LogP contribution in [0, 0.1) is 0 Å². The maximum absolute atomic E-state index is 12.1. The van der Waals surface area contributed by atoms with Crippen LogP contribution in [0.1, 0.15) is 24.8 Å². The molecule has 0 unspecified atom stereocenters. The minimum atomic E-state index is -0.0215. The Balaban J connectivity index is 1.38. The zero-order chi connectivity index (χ0) is 18.2. The second-order valence-corrected chi connectivity index (χ2v) is 7.13. The third-order valence-electron chi connectivity index (χ3n) is 4.66. The van der Waals surface area contributed by atoms with E-state index in [2.05, 4.69) is 27.7 Å². The SMILES string of the molecule is O=C(CNCCc1ccc(Cl)cc1)Nc1ccc(N2CCCCC2)cc1. The quantitative estimate of drug-likeness (QED) is 0.720. The second-order valence-electron chi connectivity index (χ2n) is 6.70. The lowest BCUT2D eigenvalue weighted by Gasteiger charge is -2.28. The van der Waals surface area contributed by atoms with Gasteiger partial charge in [-0.3, -0.25) is 4.79 Å². The zero-order valence-corrected chi connectivity index (χ0v) is 15.8. The van der Waals surface area contributed by atoms with Crippen molar-refractivity contribution < 1.29 is 4.79 Å². The zero-order valence-electron chi connectivity index (χ0n) is 15.0. The number of benzene rings is 2. The van der Waals surface area contributed by atoms with Crippen molar-refractivity contribution in [3.8, 4) is 0 Å². The summed E-state index contributed by atoms with van der Waals surface area (Å²) in [7, 11) is 0. The lowest BCUT2D eigenvalue weighted by atomic mass is 10.1. The highest BCUT2D eigenvalue weighted by Gasteiger charge is 2.10. The summed E-state index contributed by atoms with van der Waals surface area (Å²) in [5.74, 6) is -0.0215. The Morgan fingerprint density at radius 1 is 0.962 bits per heavy atom. The molecule has 1 aliphatic rings. The van der Waals surface area contributed by atoms with E-state index in [0.717, 1.165) is 36.8 Å². The summed E-state index contributed by atoms with van der Waals surface area (Å²) in [6.45, 7) is 3.32. The van der Waals surface area contributed by atoms with Gasteiger partial charge in [0, 0.05) is 29.5 Å². The highest BCUT2D eigenvalue weighted by molar-refractivity contribution is 6.30. The number of carbonyl (C=O) groups excluding carboxylic acids is 1. The number of hydrogen-bond donors (Lipinski definition) is 2. The molecule has 2 aromatic rings. The molecule has 0 aliphatic carbocycles. The Morgan fingerprint density at radius 2 is 1.65 bits per heavy atom. The normalized spacial score (nSPS) is 14.3. The van der Waals surface area contributed by atoms with Gasteiger partial charge in [-0.05, 0) is 74.2 Å². The van der Waals surface area contributed by atoms with Crippen LogP contribution in [0.25, 0.3) is 0 Å². The molecule has 1 fully saturated rings. The van der Waals surface area contributed by atoms with Crippen molar-refractivity contribution in [2.75, 3.05) is 36.4 Å². The van der Waals surface area contributed by atoms with E-state index in [9.17, 15) is 4.79 Å². The van der Waals surface area contributed by atoms with Crippen LogP contribution in [-0.2, 0) is 11.2 Å². The molecule has 4 nitrogen and oxygen atoms in total. The minimum absolute atomic E-state index is 0.0215. The molecule has 0 atom stereocenters. The molecule has 5 heteroatoms. The van der Waals surface area contributed by atoms with Crippen LogP contribution >= 0.6 is 11.6 Å². The summed E-state index contributed by atoms with van der Waals surface area (Å²) in [6.07, 6.45) is 4.73. The van der Waals surface area contributed by atoms with Gasteiger partial charge in [0.2, 0.25) is 5.91 Å². The molecular formula is C21H26ClN3O. The van der Waals surface area contributed by atoms with Gasteiger partial charge >= 0.3 is 0 Å². The molecule has 0 spiro atoms. The number of nitrogens with one attached hydrogen (secondary N) is 2. The van der Waals surface area contributed by atoms with Gasteiger partial charge in [0.05, 0.1) is 6.54 Å². The molecule has 0 radical (unpaired) electrons. The Kier molecular flexibility index (Phi) is 6.92. The molecular weight excluding hydrogens is 346 g/mol. The highest BCUT2D eigenvalue weighted by Crippen LogP contribution is 2.21. The summed E-state index contributed by atoms with van der Waals surface area (Å²) in [6, 6.07) is 15.9. The van der Waals surface area contributed by atoms with E-state index in [0.29, 0.717) is 6.54 Å². The van der Waals surface area contributed by atoms with Crippen molar-refractivity contribution in [2.24, 2.45) is 0 Å². The van der Waals surface area contributed by atoms with Gasteiger partial charge < -0.3 is 15.5 Å². The molecule has 2 N–H and O–H groups in total. The first-order valence-corrected chi connectivity index (χ1v) is 9.68. The number of nitrogens with zero attached hydrogens (tertiary/aromatic N) is 1. The van der Waals surface area contributed by atoms with Crippen LogP contribution < -0.4 is 15.5 Å². The van der Waals surface area contributed by atoms with Crippen LogP contribution in [0.2, 0.25) is 5.02 Å². The highest BCUT2D eigenvalue weighted by atomic mass is 35.5. The topological polar surface area (TPSA) is 44.4 Å². The van der Waals surface area contributed by atoms with Crippen LogP contribution in [-0.4, -0.2) is 32.1 Å². The number of amides is 1. The van der Waals surface area contributed by atoms with E-state index in [-0.39, 0.29) is 5.91 Å². The van der Waals surface area contributed by atoms with Gasteiger partial charge in [0.15, 0.2) is 0 Å². The van der Waals surface area contributed by atoms with Crippen molar-refractivity contribution in [1.29, 1.82) is 0 Å². The molecule has 1 aliphatic heterocycles. The van der Waals surface area contributed by atoms with E-state index in [1.165, 1.54) is 30.5 Å². The standard InChI is InChI=1S/C21H26ClN3O/c22-18-6-4-17(5-7-18)12-13-23-16-21(26)24-19-8-10-20(11-9-19)25-14-2-1-3-15-25/h4-11,23H,1-3,12-16H2,(H,24,26). The summed E-state index contributed by atoms with van der Waals surface area (Å²) in [5.41, 5.74) is 3.29. The first-order valence-electron chi connectivity index (χ1n) is 9.31. The minimum Gasteiger partial charge on any atom is -0.372 e. The van der Waals surface area contributed by atoms with Gasteiger partial charge in [0.1, 0.15) is 0 Å². The first kappa shape index (κ1) is 18.7. The fraction of sp³-hybridized carbons (Fsp3) is 0.381. The van der Waals surface area contributed by atoms with E-state index < -0.39 is 0 Å². The van der Waals surface area contributed by atoms with Crippen LogP contribution in [0.15, 0.2) is 48.5 Å². The number of rotatable bonds is 7. The number of piperidine rings is 1. The predicted molar refractivity (Wildman–Crippen MR) is 109 cm³/mol. The van der Waals surface area contributed by atoms with Crippen molar-refractivity contribution >= 4 is 28.9 Å². The van der Waals surface area contributed by atoms with E-state index >= 15 is 0 Å². The Morgan fingerprint density at radius 3 is 2.35 bits per heavy atom. The fourth-order valence-electron chi connectivity index (χ4n) is 3.20. The summed E-state index contributed by atoms with van der Waals surface area (Å²) in [4.78, 5) is 14.5. The number of hydrogen-bond acceptors (Lipinski definition) is 3. The largest absolute Gasteiger partial charge is 0.372 e. The smallest absolute Gasteiger partial charge is 0.238 e. The van der Waals surface area contributed by atoms with Gasteiger partial charge in [-0.2, -0.15) is 0 Å².